The van der Waals surface area contributed by atoms with Crippen molar-refractivity contribution in [1.82, 2.24) is 9.38 Å². The summed E-state index contributed by atoms with van der Waals surface area (Å²) in [6, 6.07) is 23.9. The van der Waals surface area contributed by atoms with Gasteiger partial charge in [0.1, 0.15) is 5.65 Å². The zero-order valence-electron chi connectivity index (χ0n) is 13.7. The molecule has 6 aromatic rings. The molecule has 118 valence electrons. The van der Waals surface area contributed by atoms with Crippen LogP contribution >= 0.6 is 11.8 Å². The summed E-state index contributed by atoms with van der Waals surface area (Å²) in [5.41, 5.74) is 4.52. The number of hydrogen-bond donors (Lipinski definition) is 0. The molecule has 25 heavy (non-hydrogen) atoms. The van der Waals surface area contributed by atoms with Crippen LogP contribution in [0.2, 0.25) is 0 Å². The van der Waals surface area contributed by atoms with Crippen LogP contribution in [0.15, 0.2) is 71.6 Å². The van der Waals surface area contributed by atoms with Crippen LogP contribution in [0.25, 0.3) is 49.1 Å². The van der Waals surface area contributed by atoms with Gasteiger partial charge in [0, 0.05) is 15.7 Å². The summed E-state index contributed by atoms with van der Waals surface area (Å²) in [6.45, 7) is 0. The van der Waals surface area contributed by atoms with Gasteiger partial charge in [-0.3, -0.25) is 4.40 Å². The van der Waals surface area contributed by atoms with Gasteiger partial charge >= 0.3 is 0 Å². The van der Waals surface area contributed by atoms with E-state index in [9.17, 15) is 0 Å². The van der Waals surface area contributed by atoms with Crippen molar-refractivity contribution >= 4 is 60.9 Å². The Bertz CT molecular complexity index is 1420. The summed E-state index contributed by atoms with van der Waals surface area (Å²) in [5, 5.41) is 6.66. The predicted molar refractivity (Wildman–Crippen MR) is 108 cm³/mol. The van der Waals surface area contributed by atoms with Crippen LogP contribution in [0.1, 0.15) is 0 Å². The predicted octanol–water partition coefficient (Wildman–Crippen LogP) is 6.11. The fraction of sp³-hybridized carbons (Fsp3) is 0.0455. The summed E-state index contributed by atoms with van der Waals surface area (Å²) < 4.78 is 2.33. The summed E-state index contributed by atoms with van der Waals surface area (Å²) in [6.07, 6.45) is 2.15. The highest BCUT2D eigenvalue weighted by atomic mass is 32.2. The molecule has 0 unspecified atom stereocenters. The second-order valence-corrected chi connectivity index (χ2v) is 7.29. The minimum Gasteiger partial charge on any atom is -0.291 e. The highest BCUT2D eigenvalue weighted by Gasteiger charge is 2.19. The van der Waals surface area contributed by atoms with Crippen LogP contribution in [0.4, 0.5) is 0 Å². The topological polar surface area (TPSA) is 17.3 Å². The Morgan fingerprint density at radius 3 is 2.48 bits per heavy atom. The number of imidazole rings is 1. The maximum atomic E-state index is 4.88. The fourth-order valence-corrected chi connectivity index (χ4v) is 4.85. The molecule has 6 rings (SSSR count). The molecule has 0 saturated heterocycles. The lowest BCUT2D eigenvalue weighted by Crippen LogP contribution is -1.88. The second kappa shape index (κ2) is 4.64. The smallest absolute Gasteiger partial charge is 0.139 e. The molecule has 0 spiro atoms. The zero-order valence-corrected chi connectivity index (χ0v) is 14.5. The number of fused-ring (bicyclic) bond motifs is 7. The van der Waals surface area contributed by atoms with Crippen molar-refractivity contribution in [2.45, 2.75) is 4.90 Å². The average Bonchev–Trinajstić information content (AvgIpc) is 3.19. The van der Waals surface area contributed by atoms with Crippen LogP contribution in [0, 0.1) is 0 Å². The number of aromatic nitrogens is 2. The Hall–Kier alpha value is -2.78. The Morgan fingerprint density at radius 2 is 1.64 bits per heavy atom. The molecule has 0 amide bonds. The van der Waals surface area contributed by atoms with E-state index in [1.54, 1.807) is 11.8 Å². The third-order valence-corrected chi connectivity index (χ3v) is 5.96. The normalized spacial score (nSPS) is 12.4. The molecule has 2 aromatic heterocycles. The molecular formula is C22H14N2S. The Morgan fingerprint density at radius 1 is 0.840 bits per heavy atom. The molecule has 4 aromatic carbocycles. The van der Waals surface area contributed by atoms with E-state index in [1.165, 1.54) is 42.9 Å². The van der Waals surface area contributed by atoms with Crippen molar-refractivity contribution in [3.05, 3.63) is 66.7 Å². The van der Waals surface area contributed by atoms with Crippen LogP contribution in [-0.4, -0.2) is 15.6 Å². The third kappa shape index (κ3) is 1.59. The Labute approximate surface area is 148 Å². The van der Waals surface area contributed by atoms with Gasteiger partial charge in [-0.15, -0.1) is 11.8 Å². The second-order valence-electron chi connectivity index (χ2n) is 6.44. The summed E-state index contributed by atoms with van der Waals surface area (Å²) in [5.74, 6) is 0. The number of para-hydroxylation sites is 2. The van der Waals surface area contributed by atoms with Gasteiger partial charge in [-0.05, 0) is 40.6 Å². The molecule has 2 heterocycles. The van der Waals surface area contributed by atoms with Crippen molar-refractivity contribution in [1.29, 1.82) is 0 Å². The fourth-order valence-electron chi connectivity index (χ4n) is 4.22. The molecule has 3 heteroatoms. The SMILES string of the molecule is CSc1cc2nc3ccccc3n2c2c3cccc4cccc(c12)c43. The summed E-state index contributed by atoms with van der Waals surface area (Å²) in [4.78, 5) is 6.17. The molecule has 0 radical (unpaired) electrons. The molecule has 0 aliphatic rings. The maximum absolute atomic E-state index is 4.88. The molecule has 0 saturated carbocycles. The number of nitrogens with zero attached hydrogens (tertiary/aromatic N) is 2. The average molecular weight is 338 g/mol. The Balaban J connectivity index is 2.06. The van der Waals surface area contributed by atoms with Gasteiger partial charge in [-0.25, -0.2) is 4.98 Å². The van der Waals surface area contributed by atoms with E-state index in [2.05, 4.69) is 77.4 Å². The van der Waals surface area contributed by atoms with E-state index < -0.39 is 0 Å². The van der Waals surface area contributed by atoms with Crippen LogP contribution in [0.5, 0.6) is 0 Å². The lowest BCUT2D eigenvalue weighted by atomic mass is 10.1. The third-order valence-electron chi connectivity index (χ3n) is 5.20. The van der Waals surface area contributed by atoms with Crippen molar-refractivity contribution in [2.24, 2.45) is 0 Å². The van der Waals surface area contributed by atoms with Crippen molar-refractivity contribution in [2.75, 3.05) is 6.26 Å². The van der Waals surface area contributed by atoms with Gasteiger partial charge in [-0.2, -0.15) is 0 Å². The van der Waals surface area contributed by atoms with Crippen LogP contribution < -0.4 is 0 Å². The summed E-state index contributed by atoms with van der Waals surface area (Å²) >= 11 is 1.80. The van der Waals surface area contributed by atoms with Gasteiger partial charge in [0.05, 0.1) is 16.6 Å². The van der Waals surface area contributed by atoms with Crippen molar-refractivity contribution < 1.29 is 0 Å². The molecule has 0 atom stereocenters. The van der Waals surface area contributed by atoms with Gasteiger partial charge in [-0.1, -0.05) is 48.5 Å². The first-order valence-electron chi connectivity index (χ1n) is 8.37. The molecule has 0 N–H and O–H groups in total. The van der Waals surface area contributed by atoms with E-state index in [0.29, 0.717) is 0 Å². The highest BCUT2D eigenvalue weighted by Crippen LogP contribution is 2.43. The standard InChI is InChI=1S/C22H14N2S/c1-25-18-12-19-23-16-10-2-3-11-17(16)24(19)22-15-9-5-7-13-6-4-8-14(20(13)15)21(18)22/h2-12H,1H3. The molecule has 0 aliphatic heterocycles. The van der Waals surface area contributed by atoms with Crippen molar-refractivity contribution in [3.63, 3.8) is 0 Å². The largest absolute Gasteiger partial charge is 0.291 e. The minimum absolute atomic E-state index is 1.02. The minimum atomic E-state index is 1.02. The van der Waals surface area contributed by atoms with Gasteiger partial charge in [0.15, 0.2) is 0 Å². The van der Waals surface area contributed by atoms with E-state index in [4.69, 9.17) is 4.98 Å². The van der Waals surface area contributed by atoms with Crippen LogP contribution in [0.3, 0.4) is 0 Å². The first kappa shape index (κ1) is 13.5. The quantitative estimate of drug-likeness (QED) is 0.337. The lowest BCUT2D eigenvalue weighted by molar-refractivity contribution is 1.28. The maximum Gasteiger partial charge on any atom is 0.139 e. The molecular weight excluding hydrogens is 324 g/mol. The van der Waals surface area contributed by atoms with E-state index in [0.717, 1.165) is 11.2 Å². The number of hydrogen-bond acceptors (Lipinski definition) is 2. The van der Waals surface area contributed by atoms with E-state index in [-0.39, 0.29) is 0 Å². The van der Waals surface area contributed by atoms with Gasteiger partial charge < -0.3 is 0 Å². The number of benzene rings is 3. The highest BCUT2D eigenvalue weighted by molar-refractivity contribution is 7.98. The van der Waals surface area contributed by atoms with E-state index >= 15 is 0 Å². The zero-order chi connectivity index (χ0) is 16.5. The monoisotopic (exact) mass is 338 g/mol. The first-order valence-corrected chi connectivity index (χ1v) is 9.60. The number of pyridine rings is 1. The van der Waals surface area contributed by atoms with Gasteiger partial charge in [0.25, 0.3) is 0 Å². The molecule has 0 fully saturated rings. The van der Waals surface area contributed by atoms with Gasteiger partial charge in [0.2, 0.25) is 0 Å². The molecule has 0 bridgehead atoms. The molecule has 0 aliphatic carbocycles. The van der Waals surface area contributed by atoms with E-state index in [1.807, 2.05) is 0 Å². The lowest BCUT2D eigenvalue weighted by Gasteiger charge is -2.05. The molecule has 2 nitrogen and oxygen atoms in total. The van der Waals surface area contributed by atoms with Crippen LogP contribution in [-0.2, 0) is 0 Å². The summed E-state index contributed by atoms with van der Waals surface area (Å²) in [7, 11) is 0. The van der Waals surface area contributed by atoms with Crippen molar-refractivity contribution in [3.8, 4) is 0 Å². The Kier molecular flexibility index (Phi) is 2.51. The number of thioether (sulfide) groups is 1. The first-order chi connectivity index (χ1) is 12.4. The number of rotatable bonds is 1.